The fraction of sp³-hybridized carbons (Fsp3) is 0.745. The van der Waals surface area contributed by atoms with Crippen molar-refractivity contribution in [2.24, 2.45) is 35.0 Å². The summed E-state index contributed by atoms with van der Waals surface area (Å²) in [7, 11) is 6.82. The van der Waals surface area contributed by atoms with Crippen molar-refractivity contribution in [3.05, 3.63) is 48.2 Å². The quantitative estimate of drug-likeness (QED) is 0.0931. The van der Waals surface area contributed by atoms with E-state index in [2.05, 4.69) is 32.6 Å². The van der Waals surface area contributed by atoms with E-state index in [-0.39, 0.29) is 72.4 Å². The number of Topliss-reactive ketones (excluding diaryl/α,β-unsaturated/α-hetero) is 2. The van der Waals surface area contributed by atoms with E-state index in [1.807, 2.05) is 74.7 Å². The number of hydrogen-bond acceptors (Lipinski definition) is 10. The van der Waals surface area contributed by atoms with Crippen LogP contribution in [-0.4, -0.2) is 139 Å². The number of allylic oxidation sites excluding steroid dienone is 1. The molecule has 2 amide bonds. The number of aliphatic carboxylic acids is 1. The predicted octanol–water partition coefficient (Wildman–Crippen LogP) is 7.63. The molecule has 2 saturated heterocycles. The number of carbonyl (C=O) groups excluding carboxylic acids is 4. The van der Waals surface area contributed by atoms with Gasteiger partial charge in [-0.3, -0.25) is 38.8 Å². The number of likely N-dealkylation sites (tertiary alicyclic amines) is 1. The zero-order valence-electron chi connectivity index (χ0n) is 41.1. The average Bonchev–Trinajstić information content (AvgIpc) is 3.79. The molecule has 4 rings (SSSR count). The number of carboxylic acids is 1. The minimum Gasteiger partial charge on any atom is -0.481 e. The number of hydrogen-bond donors (Lipinski definition) is 1. The van der Waals surface area contributed by atoms with Crippen molar-refractivity contribution in [3.63, 3.8) is 0 Å². The van der Waals surface area contributed by atoms with Gasteiger partial charge in [-0.2, -0.15) is 0 Å². The van der Waals surface area contributed by atoms with Gasteiger partial charge in [0.2, 0.25) is 11.8 Å². The Morgan fingerprint density at radius 1 is 0.922 bits per heavy atom. The summed E-state index contributed by atoms with van der Waals surface area (Å²) in [6.45, 7) is 20.8. The molecule has 0 unspecified atom stereocenters. The number of rotatable bonds is 27. The van der Waals surface area contributed by atoms with Crippen LogP contribution in [0.2, 0.25) is 0 Å². The summed E-state index contributed by atoms with van der Waals surface area (Å²) in [6.07, 6.45) is 4.74. The van der Waals surface area contributed by atoms with Gasteiger partial charge in [0.05, 0.1) is 43.4 Å². The first-order valence-corrected chi connectivity index (χ1v) is 24.1. The van der Waals surface area contributed by atoms with E-state index in [9.17, 15) is 24.0 Å². The van der Waals surface area contributed by atoms with E-state index in [0.717, 1.165) is 44.3 Å². The number of ether oxygens (including phenoxy) is 2. The molecule has 13 heteroatoms. The largest absolute Gasteiger partial charge is 0.481 e. The number of amides is 2. The number of carbonyl (C=O) groups is 5. The molecular weight excluding hydrogens is 813 g/mol. The molecule has 1 saturated carbocycles. The molecule has 3 fully saturated rings. The molecule has 2 heterocycles. The van der Waals surface area contributed by atoms with E-state index in [4.69, 9.17) is 19.4 Å². The Balaban J connectivity index is 1.50. The maximum absolute atomic E-state index is 14.6. The first-order chi connectivity index (χ1) is 30.3. The summed E-state index contributed by atoms with van der Waals surface area (Å²) in [4.78, 5) is 80.4. The van der Waals surface area contributed by atoms with Crippen molar-refractivity contribution >= 4 is 29.4 Å². The number of methoxy groups -OCH3 is 2. The van der Waals surface area contributed by atoms with E-state index in [1.54, 1.807) is 26.2 Å². The normalized spacial score (nSPS) is 23.3. The van der Waals surface area contributed by atoms with Crippen molar-refractivity contribution in [2.75, 3.05) is 54.6 Å². The van der Waals surface area contributed by atoms with Gasteiger partial charge in [-0.1, -0.05) is 91.8 Å². The van der Waals surface area contributed by atoms with E-state index in [1.165, 1.54) is 5.56 Å². The Morgan fingerprint density at radius 3 is 2.17 bits per heavy atom. The number of benzene rings is 1. The van der Waals surface area contributed by atoms with Crippen LogP contribution in [0.3, 0.4) is 0 Å². The molecule has 13 nitrogen and oxygen atoms in total. The summed E-state index contributed by atoms with van der Waals surface area (Å²) in [5.74, 6) is -2.24. The van der Waals surface area contributed by atoms with Crippen LogP contribution < -0.4 is 0 Å². The van der Waals surface area contributed by atoms with Crippen molar-refractivity contribution in [1.82, 2.24) is 19.8 Å². The number of carboxylic acid groups (broad SMARTS) is 1. The fourth-order valence-corrected chi connectivity index (χ4v) is 10.9. The number of nitrogens with zero attached hydrogens (tertiary/aromatic N) is 4. The summed E-state index contributed by atoms with van der Waals surface area (Å²) in [6, 6.07) is 9.11. The Kier molecular flexibility index (Phi) is 20.0. The van der Waals surface area contributed by atoms with Crippen molar-refractivity contribution in [3.8, 4) is 0 Å². The van der Waals surface area contributed by atoms with Crippen LogP contribution in [0.5, 0.6) is 0 Å². The average molecular weight is 895 g/mol. The molecule has 3 aliphatic rings. The lowest BCUT2D eigenvalue weighted by atomic mass is 9.83. The van der Waals surface area contributed by atoms with Gasteiger partial charge < -0.3 is 24.4 Å². The molecule has 64 heavy (non-hydrogen) atoms. The highest BCUT2D eigenvalue weighted by Crippen LogP contribution is 2.66. The van der Waals surface area contributed by atoms with Gasteiger partial charge in [0.15, 0.2) is 5.78 Å². The summed E-state index contributed by atoms with van der Waals surface area (Å²) < 4.78 is 12.3. The Morgan fingerprint density at radius 2 is 1.61 bits per heavy atom. The van der Waals surface area contributed by atoms with Gasteiger partial charge in [-0.05, 0) is 81.4 Å². The third-order valence-corrected chi connectivity index (χ3v) is 14.9. The Hall–Kier alpha value is -3.65. The van der Waals surface area contributed by atoms with Crippen LogP contribution in [-0.2, 0) is 38.3 Å². The van der Waals surface area contributed by atoms with Crippen LogP contribution in [0, 0.1) is 35.0 Å². The SMILES string of the molecule is C=C(N1CCCCO1)[C@]1(CC(=O)[C@H](C)[C@@H](OC)[C@@H]2CCCN2C(=O)C[C@@H](OC)[C@H]([C@@H](C)CC)N(C)C(=O)[C@@H](CC(=O)[C@H](C(C)C)N(C)CCCC(=O)O)C(C)C)C[C@@H]1c1ccccc1. The maximum atomic E-state index is 14.6. The van der Waals surface area contributed by atoms with Gasteiger partial charge >= 0.3 is 5.97 Å². The van der Waals surface area contributed by atoms with Crippen LogP contribution in [0.15, 0.2) is 42.6 Å². The number of likely N-dealkylation sites (N-methyl/N-ethyl adjacent to an activating group) is 2. The van der Waals surface area contributed by atoms with Gasteiger partial charge in [0.25, 0.3) is 0 Å². The molecular formula is C51H82N4O9. The van der Waals surface area contributed by atoms with Crippen molar-refractivity contribution in [1.29, 1.82) is 0 Å². The van der Waals surface area contributed by atoms with E-state index < -0.39 is 47.5 Å². The molecule has 360 valence electrons. The Labute approximate surface area is 384 Å². The topological polar surface area (TPSA) is 146 Å². The lowest BCUT2D eigenvalue weighted by Gasteiger charge is -2.41. The highest BCUT2D eigenvalue weighted by Gasteiger charge is 2.60. The molecule has 0 radical (unpaired) electrons. The highest BCUT2D eigenvalue weighted by molar-refractivity contribution is 5.90. The van der Waals surface area contributed by atoms with Gasteiger partial charge in [-0.15, -0.1) is 0 Å². The molecule has 1 aromatic rings. The first kappa shape index (κ1) is 53.0. The van der Waals surface area contributed by atoms with Crippen LogP contribution in [0.4, 0.5) is 0 Å². The van der Waals surface area contributed by atoms with Crippen molar-refractivity contribution < 1.29 is 43.4 Å². The van der Waals surface area contributed by atoms with Crippen molar-refractivity contribution in [2.45, 2.75) is 155 Å². The zero-order valence-corrected chi connectivity index (χ0v) is 41.1. The summed E-state index contributed by atoms with van der Waals surface area (Å²) >= 11 is 0. The van der Waals surface area contributed by atoms with E-state index >= 15 is 0 Å². The second kappa shape index (κ2) is 24.2. The molecule has 0 bridgehead atoms. The Bertz CT molecular complexity index is 1720. The standard InChI is InChI=1S/C51H82N4O9/c1-13-35(6)48(53(10)50(61)39(33(2)3)29-42(56)47(34(4)5)52(9)25-20-24-46(59)60)44(62-11)30-45(58)54-26-19-23-41(54)49(63-12)36(7)43(57)32-51(37(8)55-27-17-18-28-64-55)31-40(51)38-21-15-14-16-22-38/h14-16,21-22,33-36,39-41,44,47-49H,8,13,17-20,23-32H2,1-7,9-12H3,(H,59,60)/t35-,36-,39-,40+,41-,44+,47-,48-,49+,51+/m0/s1. The van der Waals surface area contributed by atoms with Crippen LogP contribution in [0.1, 0.15) is 131 Å². The zero-order chi connectivity index (χ0) is 47.5. The third-order valence-electron chi connectivity index (χ3n) is 14.9. The molecule has 1 aromatic carbocycles. The van der Waals surface area contributed by atoms with Gasteiger partial charge in [0.1, 0.15) is 5.78 Å². The number of hydroxylamine groups is 2. The van der Waals surface area contributed by atoms with Crippen LogP contribution in [0.25, 0.3) is 0 Å². The lowest BCUT2D eigenvalue weighted by Crippen LogP contribution is -2.54. The lowest BCUT2D eigenvalue weighted by molar-refractivity contribution is -0.162. The minimum atomic E-state index is -0.872. The predicted molar refractivity (Wildman–Crippen MR) is 249 cm³/mol. The fourth-order valence-electron chi connectivity index (χ4n) is 10.9. The minimum absolute atomic E-state index is 0.0222. The molecule has 1 N–H and O–H groups in total. The molecule has 0 spiro atoms. The number of ketones is 2. The maximum Gasteiger partial charge on any atom is 0.303 e. The molecule has 0 aromatic heterocycles. The summed E-state index contributed by atoms with van der Waals surface area (Å²) in [5, 5.41) is 11.1. The summed E-state index contributed by atoms with van der Waals surface area (Å²) in [5.41, 5.74) is 1.60. The van der Waals surface area contributed by atoms with Crippen LogP contribution >= 0.6 is 0 Å². The van der Waals surface area contributed by atoms with E-state index in [0.29, 0.717) is 39.0 Å². The molecule has 1 aliphatic carbocycles. The first-order valence-electron chi connectivity index (χ1n) is 24.1. The molecule has 10 atom stereocenters. The third kappa shape index (κ3) is 12.8. The molecule has 2 aliphatic heterocycles. The second-order valence-electron chi connectivity index (χ2n) is 19.8. The highest BCUT2D eigenvalue weighted by atomic mass is 16.7. The van der Waals surface area contributed by atoms with Gasteiger partial charge in [-0.25, -0.2) is 0 Å². The van der Waals surface area contributed by atoms with Gasteiger partial charge in [0, 0.05) is 76.6 Å². The monoisotopic (exact) mass is 895 g/mol. The smallest absolute Gasteiger partial charge is 0.303 e. The second-order valence-corrected chi connectivity index (χ2v) is 19.8.